The molecule has 5 rings (SSSR count). The van der Waals surface area contributed by atoms with Crippen molar-refractivity contribution in [2.75, 3.05) is 56.3 Å². The van der Waals surface area contributed by atoms with E-state index in [1.807, 2.05) is 100 Å². The van der Waals surface area contributed by atoms with Crippen molar-refractivity contribution < 1.29 is 33.3 Å². The highest BCUT2D eigenvalue weighted by Crippen LogP contribution is 2.36. The first-order valence-electron chi connectivity index (χ1n) is 17.1. The third-order valence-corrected chi connectivity index (χ3v) is 8.84. The van der Waals surface area contributed by atoms with Crippen LogP contribution in [0.5, 0.6) is 5.75 Å². The van der Waals surface area contributed by atoms with Crippen molar-refractivity contribution in [1.82, 2.24) is 10.3 Å². The van der Waals surface area contributed by atoms with Crippen molar-refractivity contribution in [2.24, 2.45) is 0 Å². The van der Waals surface area contributed by atoms with Crippen LogP contribution in [0.3, 0.4) is 0 Å². The van der Waals surface area contributed by atoms with Gasteiger partial charge in [0.1, 0.15) is 18.0 Å². The minimum absolute atomic E-state index is 0.0158. The number of ether oxygens (including phenoxy) is 4. The van der Waals surface area contributed by atoms with E-state index in [0.29, 0.717) is 57.0 Å². The monoisotopic (exact) mass is 714 g/mol. The Balaban J connectivity index is 1.04. The van der Waals surface area contributed by atoms with Crippen molar-refractivity contribution in [3.05, 3.63) is 93.9 Å². The van der Waals surface area contributed by atoms with Gasteiger partial charge in [-0.15, -0.1) is 11.3 Å². The van der Waals surface area contributed by atoms with E-state index in [4.69, 9.17) is 23.9 Å². The fourth-order valence-corrected chi connectivity index (χ4v) is 6.46. The molecule has 1 aliphatic heterocycles. The number of aryl methyl sites for hydroxylation is 2. The number of nitrogens with zero attached hydrogens (tertiary/aromatic N) is 2. The molecule has 0 saturated heterocycles. The van der Waals surface area contributed by atoms with Crippen molar-refractivity contribution in [3.8, 4) is 17.0 Å². The van der Waals surface area contributed by atoms with Gasteiger partial charge in [0, 0.05) is 34.8 Å². The van der Waals surface area contributed by atoms with Gasteiger partial charge in [0.2, 0.25) is 5.91 Å². The van der Waals surface area contributed by atoms with Gasteiger partial charge in [-0.25, -0.2) is 9.78 Å². The van der Waals surface area contributed by atoms with E-state index >= 15 is 0 Å². The molecule has 3 aromatic carbocycles. The molecule has 2 N–H and O–H groups in total. The average molecular weight is 715 g/mol. The second-order valence-corrected chi connectivity index (χ2v) is 14.4. The largest absolute Gasteiger partial charge is 0.491 e. The number of nitrogens with one attached hydrogen (secondary N) is 2. The Kier molecular flexibility index (Phi) is 12.8. The van der Waals surface area contributed by atoms with Crippen LogP contribution in [-0.4, -0.2) is 74.6 Å². The maximum Gasteiger partial charge on any atom is 0.407 e. The number of fused-ring (bicyclic) bond motifs is 1. The highest BCUT2D eigenvalue weighted by Gasteiger charge is 2.27. The van der Waals surface area contributed by atoms with E-state index in [1.54, 1.807) is 0 Å². The van der Waals surface area contributed by atoms with E-state index in [9.17, 15) is 14.4 Å². The Morgan fingerprint density at radius 2 is 1.67 bits per heavy atom. The lowest BCUT2D eigenvalue weighted by Crippen LogP contribution is -2.34. The first-order chi connectivity index (χ1) is 24.5. The first-order valence-corrected chi connectivity index (χ1v) is 17.9. The average Bonchev–Trinajstić information content (AvgIpc) is 3.67. The molecule has 3 amide bonds. The maximum atomic E-state index is 13.3. The molecule has 0 unspecified atom stereocenters. The van der Waals surface area contributed by atoms with Crippen LogP contribution < -0.4 is 20.3 Å². The zero-order valence-electron chi connectivity index (χ0n) is 29.9. The Hall–Kier alpha value is -4.78. The Labute approximate surface area is 303 Å². The number of amides is 3. The van der Waals surface area contributed by atoms with Crippen LogP contribution in [0.1, 0.15) is 52.7 Å². The molecule has 2 heterocycles. The van der Waals surface area contributed by atoms with Crippen LogP contribution in [0.4, 0.5) is 15.6 Å². The van der Waals surface area contributed by atoms with Crippen LogP contribution in [0.2, 0.25) is 0 Å². The lowest BCUT2D eigenvalue weighted by atomic mass is 10.0. The molecule has 270 valence electrons. The third-order valence-electron chi connectivity index (χ3n) is 7.96. The number of aromatic nitrogens is 1. The summed E-state index contributed by atoms with van der Waals surface area (Å²) >= 11 is 1.44. The topological polar surface area (TPSA) is 128 Å². The first kappa shape index (κ1) is 37.5. The van der Waals surface area contributed by atoms with E-state index in [2.05, 4.69) is 16.7 Å². The van der Waals surface area contributed by atoms with Gasteiger partial charge in [0.25, 0.3) is 5.91 Å². The number of benzene rings is 3. The number of hydrogen-bond acceptors (Lipinski definition) is 9. The Bertz CT molecular complexity index is 1830. The molecule has 12 heteroatoms. The van der Waals surface area contributed by atoms with Gasteiger partial charge >= 0.3 is 6.09 Å². The van der Waals surface area contributed by atoms with Crippen molar-refractivity contribution in [1.29, 1.82) is 0 Å². The number of carbonyl (C=O) groups is 3. The van der Waals surface area contributed by atoms with Gasteiger partial charge in [0.15, 0.2) is 5.13 Å². The summed E-state index contributed by atoms with van der Waals surface area (Å²) in [6.45, 7) is 12.2. The fourth-order valence-electron chi connectivity index (χ4n) is 5.61. The van der Waals surface area contributed by atoms with E-state index in [1.165, 1.54) is 11.3 Å². The molecule has 0 spiro atoms. The fraction of sp³-hybridized carbons (Fsp3) is 0.385. The second-order valence-electron chi connectivity index (χ2n) is 13.2. The summed E-state index contributed by atoms with van der Waals surface area (Å²) in [7, 11) is 0. The zero-order chi connectivity index (χ0) is 36.4. The smallest absolute Gasteiger partial charge is 0.407 e. The highest BCUT2D eigenvalue weighted by atomic mass is 32.1. The minimum atomic E-state index is -0.535. The van der Waals surface area contributed by atoms with Crippen molar-refractivity contribution in [3.63, 3.8) is 0 Å². The minimum Gasteiger partial charge on any atom is -0.491 e. The van der Waals surface area contributed by atoms with Crippen LogP contribution in [0, 0.1) is 13.8 Å². The van der Waals surface area contributed by atoms with E-state index < -0.39 is 11.7 Å². The van der Waals surface area contributed by atoms with Crippen LogP contribution in [-0.2, 0) is 31.8 Å². The normalized spacial score (nSPS) is 12.4. The summed E-state index contributed by atoms with van der Waals surface area (Å²) in [5, 5.41) is 6.13. The molecule has 1 aliphatic rings. The number of anilines is 2. The predicted molar refractivity (Wildman–Crippen MR) is 199 cm³/mol. The molecule has 51 heavy (non-hydrogen) atoms. The molecule has 0 saturated carbocycles. The molecule has 11 nitrogen and oxygen atoms in total. The molecule has 0 atom stereocenters. The summed E-state index contributed by atoms with van der Waals surface area (Å²) in [6.07, 6.45) is 0.476. The second kappa shape index (κ2) is 17.4. The van der Waals surface area contributed by atoms with Crippen molar-refractivity contribution >= 4 is 40.1 Å². The van der Waals surface area contributed by atoms with E-state index in [-0.39, 0.29) is 18.2 Å². The lowest BCUT2D eigenvalue weighted by Gasteiger charge is -2.19. The van der Waals surface area contributed by atoms with Gasteiger partial charge in [-0.2, -0.15) is 0 Å². The molecule has 4 aromatic rings. The standard InChI is InChI=1S/C39H46N4O7S/c1-26-9-6-7-12-32(26)36(45)43-17-15-29-25-30(13-14-33(29)43)35-27(2)51-37(42-35)41-34(44)24-28-10-8-11-31(23-28)49-22-21-48-20-19-47-18-16-40-38(46)50-39(3,4)5/h6-14,23,25H,15-22,24H2,1-5H3,(H,40,46)(H,41,42,44). The van der Waals surface area contributed by atoms with Gasteiger partial charge in [-0.1, -0.05) is 36.4 Å². The summed E-state index contributed by atoms with van der Waals surface area (Å²) < 4.78 is 22.0. The maximum absolute atomic E-state index is 13.3. The number of carbonyl (C=O) groups excluding carboxylic acids is 3. The Morgan fingerprint density at radius 1 is 0.902 bits per heavy atom. The number of alkyl carbamates (subject to hydrolysis) is 1. The molecule has 0 aliphatic carbocycles. The van der Waals surface area contributed by atoms with Gasteiger partial charge < -0.3 is 34.5 Å². The molecule has 0 radical (unpaired) electrons. The van der Waals surface area contributed by atoms with Gasteiger partial charge in [0.05, 0.1) is 38.5 Å². The Morgan fingerprint density at radius 3 is 2.45 bits per heavy atom. The SMILES string of the molecule is Cc1ccccc1C(=O)N1CCc2cc(-c3nc(NC(=O)Cc4cccc(OCCOCCOCCNC(=O)OC(C)(C)C)c4)sc3C)ccc21. The summed E-state index contributed by atoms with van der Waals surface area (Å²) in [5.41, 5.74) is 5.78. The van der Waals surface area contributed by atoms with Gasteiger partial charge in [-0.3, -0.25) is 9.59 Å². The molecular formula is C39H46N4O7S. The molecule has 1 aromatic heterocycles. The zero-order valence-corrected chi connectivity index (χ0v) is 30.7. The summed E-state index contributed by atoms with van der Waals surface area (Å²) in [5.74, 6) is 0.495. The summed E-state index contributed by atoms with van der Waals surface area (Å²) in [4.78, 5) is 45.5. The molecular weight excluding hydrogens is 669 g/mol. The van der Waals surface area contributed by atoms with Crippen LogP contribution in [0.25, 0.3) is 11.3 Å². The predicted octanol–water partition coefficient (Wildman–Crippen LogP) is 6.75. The van der Waals surface area contributed by atoms with E-state index in [0.717, 1.165) is 50.5 Å². The molecule has 0 bridgehead atoms. The van der Waals surface area contributed by atoms with Crippen LogP contribution >= 0.6 is 11.3 Å². The number of hydrogen-bond donors (Lipinski definition) is 2. The number of thiazole rings is 1. The third kappa shape index (κ3) is 10.9. The lowest BCUT2D eigenvalue weighted by molar-refractivity contribution is -0.115. The van der Waals surface area contributed by atoms with Crippen molar-refractivity contribution in [2.45, 2.75) is 53.1 Å². The summed E-state index contributed by atoms with van der Waals surface area (Å²) in [6, 6.07) is 21.2. The van der Waals surface area contributed by atoms with Crippen LogP contribution in [0.15, 0.2) is 66.7 Å². The molecule has 0 fully saturated rings. The quantitative estimate of drug-likeness (QED) is 0.130. The van der Waals surface area contributed by atoms with Gasteiger partial charge in [-0.05, 0) is 88.1 Å². The number of rotatable bonds is 15. The highest BCUT2D eigenvalue weighted by molar-refractivity contribution is 7.16.